The minimum Gasteiger partial charge on any atom is -0.484 e. The Labute approximate surface area is 357 Å². The first-order valence-electron chi connectivity index (χ1n) is 20.1. The summed E-state index contributed by atoms with van der Waals surface area (Å²) in [4.78, 5) is 86.8. The van der Waals surface area contributed by atoms with E-state index in [-0.39, 0.29) is 54.2 Å². The summed E-state index contributed by atoms with van der Waals surface area (Å²) >= 11 is 1.57. The van der Waals surface area contributed by atoms with Crippen LogP contribution in [0.15, 0.2) is 78.1 Å². The van der Waals surface area contributed by atoms with E-state index in [1.807, 2.05) is 29.9 Å². The van der Waals surface area contributed by atoms with E-state index in [1.54, 1.807) is 17.4 Å². The molecule has 326 valence electrons. The summed E-state index contributed by atoms with van der Waals surface area (Å²) in [6.45, 7) is 3.88. The number of aryl methyl sites for hydroxylation is 1. The minimum absolute atomic E-state index is 0.0357. The molecule has 3 N–H and O–H groups in total. The second-order valence-electron chi connectivity index (χ2n) is 14.8. The first kappa shape index (κ1) is 43.6. The summed E-state index contributed by atoms with van der Waals surface area (Å²) in [5, 5.41) is 11.8. The molecule has 2 fully saturated rings. The van der Waals surface area contributed by atoms with Crippen molar-refractivity contribution in [3.63, 3.8) is 0 Å². The standard InChI is InChI=1S/C40H46N12O9S/c1-50-31-17-28(6-7-29(31)38(56)61-40(50)57)60-24-35(54)52-23-27(48-49-41)16-32(52)37(55)42-8-11-58-13-14-59-12-9-43-39-44-19-25(20-45-39)21-51-10-2-4-26(22-51)36-46-30(18-34(53)47-36)33-5-3-15-62-33/h3,5-7,15,17-20,26-27,32H,2,4,8-14,16,21-24H2,1H3,(H,42,55)(H,43,44,45)(H,46,47,53)/t26?,27-,32-/m0/s1. The van der Waals surface area contributed by atoms with E-state index in [0.717, 1.165) is 46.8 Å². The van der Waals surface area contributed by atoms with Crippen LogP contribution in [0.2, 0.25) is 0 Å². The van der Waals surface area contributed by atoms with Gasteiger partial charge in [0.15, 0.2) is 6.61 Å². The minimum atomic E-state index is -0.889. The molecular formula is C40H46N12O9S. The average Bonchev–Trinajstić information content (AvgIpc) is 3.98. The van der Waals surface area contributed by atoms with Crippen LogP contribution in [0.25, 0.3) is 31.9 Å². The molecule has 0 spiro atoms. The molecule has 1 unspecified atom stereocenters. The van der Waals surface area contributed by atoms with Crippen molar-refractivity contribution in [1.82, 2.24) is 39.6 Å². The Hall–Kier alpha value is -6.45. The smallest absolute Gasteiger partial charge is 0.422 e. The molecule has 3 atom stereocenters. The average molecular weight is 871 g/mol. The van der Waals surface area contributed by atoms with Gasteiger partial charge in [0.25, 0.3) is 11.5 Å². The third-order valence-corrected chi connectivity index (χ3v) is 11.4. The molecule has 2 saturated heterocycles. The molecule has 0 radical (unpaired) electrons. The van der Waals surface area contributed by atoms with E-state index in [2.05, 4.69) is 44.9 Å². The first-order chi connectivity index (χ1) is 30.1. The number of azide groups is 1. The fraction of sp³-hybridized carbons (Fsp3) is 0.450. The molecule has 0 aliphatic carbocycles. The predicted molar refractivity (Wildman–Crippen MR) is 227 cm³/mol. The Morgan fingerprint density at radius 2 is 1.87 bits per heavy atom. The lowest BCUT2D eigenvalue weighted by molar-refractivity contribution is -0.140. The lowest BCUT2D eigenvalue weighted by Gasteiger charge is -2.32. The van der Waals surface area contributed by atoms with Crippen LogP contribution in [-0.2, 0) is 32.7 Å². The molecule has 6 heterocycles. The monoisotopic (exact) mass is 870 g/mol. The van der Waals surface area contributed by atoms with E-state index in [9.17, 15) is 24.0 Å². The number of aromatic nitrogens is 5. The van der Waals surface area contributed by atoms with Gasteiger partial charge in [0, 0.05) is 80.7 Å². The molecule has 62 heavy (non-hydrogen) atoms. The number of amides is 2. The highest BCUT2D eigenvalue weighted by Crippen LogP contribution is 2.28. The van der Waals surface area contributed by atoms with Crippen molar-refractivity contribution < 1.29 is 28.2 Å². The number of nitrogens with zero attached hydrogens (tertiary/aromatic N) is 9. The maximum atomic E-state index is 13.2. The van der Waals surface area contributed by atoms with Gasteiger partial charge in [-0.05, 0) is 54.9 Å². The fourth-order valence-corrected chi connectivity index (χ4v) is 8.11. The molecule has 5 aromatic rings. The van der Waals surface area contributed by atoms with Crippen molar-refractivity contribution in [2.24, 2.45) is 12.2 Å². The van der Waals surface area contributed by atoms with Gasteiger partial charge in [0.05, 0.1) is 53.9 Å². The van der Waals surface area contributed by atoms with E-state index in [4.69, 9.17) is 24.7 Å². The van der Waals surface area contributed by atoms with Crippen molar-refractivity contribution in [2.75, 3.05) is 71.1 Å². The van der Waals surface area contributed by atoms with Crippen LogP contribution in [0.3, 0.4) is 0 Å². The number of hydrogen-bond acceptors (Lipinski definition) is 16. The predicted octanol–water partition coefficient (Wildman–Crippen LogP) is 2.39. The first-order valence-corrected chi connectivity index (χ1v) is 21.0. The van der Waals surface area contributed by atoms with Gasteiger partial charge >= 0.3 is 11.4 Å². The van der Waals surface area contributed by atoms with Gasteiger partial charge in [-0.1, -0.05) is 11.2 Å². The molecule has 2 amide bonds. The molecule has 1 aromatic carbocycles. The number of piperidine rings is 1. The quantitative estimate of drug-likeness (QED) is 0.0466. The SMILES string of the molecule is Cn1c(=O)oc(=O)c2ccc(OCC(=O)N3C[C@@H](N=[N+]=[N-])C[C@H]3C(=O)NCCOCCOCCNc3ncc(CN4CCCC(c5nc(-c6cccs6)cc(=O)[nH]5)C4)cn3)cc21. The highest BCUT2D eigenvalue weighted by atomic mass is 32.1. The van der Waals surface area contributed by atoms with Gasteiger partial charge in [-0.3, -0.25) is 23.9 Å². The fourth-order valence-electron chi connectivity index (χ4n) is 7.42. The van der Waals surface area contributed by atoms with Crippen LogP contribution < -0.4 is 32.3 Å². The summed E-state index contributed by atoms with van der Waals surface area (Å²) in [5.41, 5.74) is 10.0. The highest BCUT2D eigenvalue weighted by molar-refractivity contribution is 7.13. The highest BCUT2D eigenvalue weighted by Gasteiger charge is 2.39. The van der Waals surface area contributed by atoms with E-state index in [0.29, 0.717) is 44.6 Å². The third-order valence-electron chi connectivity index (χ3n) is 10.5. The molecule has 0 bridgehead atoms. The Kier molecular flexibility index (Phi) is 14.7. The van der Waals surface area contributed by atoms with E-state index >= 15 is 0 Å². The molecule has 2 aliphatic rings. The number of nitrogens with one attached hydrogen (secondary N) is 3. The lowest BCUT2D eigenvalue weighted by Crippen LogP contribution is -2.48. The number of likely N-dealkylation sites (tertiary alicyclic amines) is 2. The summed E-state index contributed by atoms with van der Waals surface area (Å²) in [6.07, 6.45) is 5.71. The number of H-pyrrole nitrogens is 1. The topological polar surface area (TPSA) is 265 Å². The van der Waals surface area contributed by atoms with E-state index < -0.39 is 41.9 Å². The second kappa shape index (κ2) is 20.9. The maximum Gasteiger partial charge on any atom is 0.422 e. The van der Waals surface area contributed by atoms with Crippen LogP contribution >= 0.6 is 11.3 Å². The number of rotatable bonds is 19. The molecule has 0 saturated carbocycles. The Morgan fingerprint density at radius 1 is 1.06 bits per heavy atom. The van der Waals surface area contributed by atoms with Crippen molar-refractivity contribution in [1.29, 1.82) is 0 Å². The molecule has 4 aromatic heterocycles. The molecule has 2 aliphatic heterocycles. The summed E-state index contributed by atoms with van der Waals surface area (Å²) in [7, 11) is 1.44. The second-order valence-corrected chi connectivity index (χ2v) is 15.7. The normalized spacial score (nSPS) is 17.8. The molecular weight excluding hydrogens is 825 g/mol. The Morgan fingerprint density at radius 3 is 2.65 bits per heavy atom. The largest absolute Gasteiger partial charge is 0.484 e. The number of fused-ring (bicyclic) bond motifs is 1. The number of anilines is 1. The van der Waals surface area contributed by atoms with Gasteiger partial charge in [-0.25, -0.2) is 24.5 Å². The number of benzene rings is 1. The molecule has 7 rings (SSSR count). The summed E-state index contributed by atoms with van der Waals surface area (Å²) < 4.78 is 22.7. The van der Waals surface area contributed by atoms with Crippen molar-refractivity contribution in [2.45, 2.75) is 43.8 Å². The van der Waals surface area contributed by atoms with Crippen molar-refractivity contribution in [3.8, 4) is 16.3 Å². The lowest BCUT2D eigenvalue weighted by atomic mass is 9.96. The maximum absolute atomic E-state index is 13.2. The van der Waals surface area contributed by atoms with E-state index in [1.165, 1.54) is 30.1 Å². The van der Waals surface area contributed by atoms with Crippen molar-refractivity contribution in [3.05, 3.63) is 107 Å². The number of ether oxygens (including phenoxy) is 3. The van der Waals surface area contributed by atoms with Gasteiger partial charge < -0.3 is 39.1 Å². The van der Waals surface area contributed by atoms with Gasteiger partial charge in [-0.15, -0.1) is 11.3 Å². The summed E-state index contributed by atoms with van der Waals surface area (Å²) in [5.74, 6) is -0.203. The van der Waals surface area contributed by atoms with Crippen molar-refractivity contribution >= 4 is 40.0 Å². The summed E-state index contributed by atoms with van der Waals surface area (Å²) in [6, 6.07) is 8.33. The zero-order chi connectivity index (χ0) is 43.4. The van der Waals surface area contributed by atoms with Gasteiger partial charge in [0.1, 0.15) is 17.6 Å². The van der Waals surface area contributed by atoms with Crippen LogP contribution in [0.1, 0.15) is 36.6 Å². The van der Waals surface area contributed by atoms with Crippen LogP contribution in [0.4, 0.5) is 5.95 Å². The molecule has 22 heteroatoms. The van der Waals surface area contributed by atoms with Crippen LogP contribution in [0.5, 0.6) is 5.75 Å². The number of thiophene rings is 1. The number of carbonyl (C=O) groups is 2. The van der Waals surface area contributed by atoms with Gasteiger partial charge in [0.2, 0.25) is 11.9 Å². The molecule has 21 nitrogen and oxygen atoms in total. The number of carbonyl (C=O) groups excluding carboxylic acids is 2. The Balaban J connectivity index is 0.765. The van der Waals surface area contributed by atoms with Crippen LogP contribution in [0, 0.1) is 0 Å². The number of hydrogen-bond donors (Lipinski definition) is 3. The Bertz CT molecular complexity index is 2560. The third kappa shape index (κ3) is 11.3. The zero-order valence-electron chi connectivity index (χ0n) is 33.9. The number of aromatic amines is 1. The van der Waals surface area contributed by atoms with Crippen LogP contribution in [-0.4, -0.2) is 124 Å². The van der Waals surface area contributed by atoms with Gasteiger partial charge in [-0.2, -0.15) is 0 Å². The zero-order valence-corrected chi connectivity index (χ0v) is 34.8.